The summed E-state index contributed by atoms with van der Waals surface area (Å²) in [7, 11) is 0. The summed E-state index contributed by atoms with van der Waals surface area (Å²) in [4.78, 5) is 23.5. The van der Waals surface area contributed by atoms with E-state index in [0.717, 1.165) is 18.5 Å². The van der Waals surface area contributed by atoms with Crippen molar-refractivity contribution in [2.24, 2.45) is 0 Å². The van der Waals surface area contributed by atoms with Crippen LogP contribution in [-0.2, 0) is 0 Å². The Bertz CT molecular complexity index is 737. The Balaban J connectivity index is 1.64. The van der Waals surface area contributed by atoms with Crippen LogP contribution >= 0.6 is 0 Å². The van der Waals surface area contributed by atoms with Crippen molar-refractivity contribution >= 4 is 23.2 Å². The lowest BCUT2D eigenvalue weighted by molar-refractivity contribution is 0.0931. The first-order chi connectivity index (χ1) is 11.6. The average Bonchev–Trinajstić information content (AvgIpc) is 3.08. The maximum absolute atomic E-state index is 12.1. The molecule has 0 atom stereocenters. The molecular formula is C18H20N4O2. The summed E-state index contributed by atoms with van der Waals surface area (Å²) in [5.74, 6) is 0.344. The summed E-state index contributed by atoms with van der Waals surface area (Å²) in [5.41, 5.74) is 1.69. The molecule has 1 aromatic carbocycles. The molecule has 2 aromatic rings. The molecule has 24 heavy (non-hydrogen) atoms. The van der Waals surface area contributed by atoms with Crippen LogP contribution in [-0.4, -0.2) is 27.9 Å². The lowest BCUT2D eigenvalue weighted by atomic mass is 10.1. The summed E-state index contributed by atoms with van der Waals surface area (Å²) >= 11 is 0. The highest BCUT2D eigenvalue weighted by molar-refractivity contribution is 5.95. The molecule has 0 aliphatic heterocycles. The Hall–Kier alpha value is -2.76. The van der Waals surface area contributed by atoms with Gasteiger partial charge in [-0.25, -0.2) is 0 Å². The standard InChI is InChI=1S/C18H20N4O2/c1-12(23)13-5-4-8-15(11-13)19-17-10-9-16(21-22-17)18(24)20-14-6-2-3-7-14/h4-5,8-11,14H,2-3,6-7H2,1H3,(H,19,22)(H,20,24). The zero-order valence-corrected chi connectivity index (χ0v) is 13.6. The molecule has 0 unspecified atom stereocenters. The third-order valence-electron chi connectivity index (χ3n) is 4.13. The van der Waals surface area contributed by atoms with Crippen LogP contribution in [0.5, 0.6) is 0 Å². The Kier molecular flexibility index (Phi) is 4.84. The minimum atomic E-state index is -0.181. The minimum absolute atomic E-state index is 0.00339. The Morgan fingerprint density at radius 2 is 1.88 bits per heavy atom. The fourth-order valence-corrected chi connectivity index (χ4v) is 2.81. The summed E-state index contributed by atoms with van der Waals surface area (Å²) in [5, 5.41) is 14.1. The number of carbonyl (C=O) groups excluding carboxylic acids is 2. The van der Waals surface area contributed by atoms with Crippen molar-refractivity contribution in [3.8, 4) is 0 Å². The lowest BCUT2D eigenvalue weighted by Crippen LogP contribution is -2.33. The summed E-state index contributed by atoms with van der Waals surface area (Å²) in [6, 6.07) is 10.8. The predicted molar refractivity (Wildman–Crippen MR) is 91.5 cm³/mol. The smallest absolute Gasteiger partial charge is 0.272 e. The molecule has 3 rings (SSSR count). The van der Waals surface area contributed by atoms with Gasteiger partial charge in [0.15, 0.2) is 17.3 Å². The molecule has 1 saturated carbocycles. The van der Waals surface area contributed by atoms with Gasteiger partial charge in [0, 0.05) is 17.3 Å². The molecule has 0 spiro atoms. The second-order valence-electron chi connectivity index (χ2n) is 6.02. The van der Waals surface area contributed by atoms with Crippen LogP contribution in [0.1, 0.15) is 53.5 Å². The zero-order valence-electron chi connectivity index (χ0n) is 13.6. The topological polar surface area (TPSA) is 84.0 Å². The van der Waals surface area contributed by atoms with Crippen molar-refractivity contribution < 1.29 is 9.59 Å². The van der Waals surface area contributed by atoms with E-state index in [4.69, 9.17) is 0 Å². The number of benzene rings is 1. The number of rotatable bonds is 5. The first-order valence-corrected chi connectivity index (χ1v) is 8.14. The molecule has 6 nitrogen and oxygen atoms in total. The molecule has 1 aliphatic carbocycles. The lowest BCUT2D eigenvalue weighted by Gasteiger charge is -2.11. The van der Waals surface area contributed by atoms with E-state index in [0.29, 0.717) is 17.1 Å². The van der Waals surface area contributed by atoms with Gasteiger partial charge in [0.1, 0.15) is 0 Å². The molecule has 1 amide bonds. The predicted octanol–water partition coefficient (Wildman–Crippen LogP) is 3.10. The van der Waals surface area contributed by atoms with Gasteiger partial charge in [0.05, 0.1) is 0 Å². The molecule has 2 N–H and O–H groups in total. The monoisotopic (exact) mass is 324 g/mol. The van der Waals surface area contributed by atoms with Crippen LogP contribution in [0.4, 0.5) is 11.5 Å². The minimum Gasteiger partial charge on any atom is -0.348 e. The van der Waals surface area contributed by atoms with E-state index in [-0.39, 0.29) is 17.7 Å². The van der Waals surface area contributed by atoms with Gasteiger partial charge >= 0.3 is 0 Å². The second kappa shape index (κ2) is 7.21. The van der Waals surface area contributed by atoms with E-state index in [1.54, 1.807) is 30.3 Å². The largest absolute Gasteiger partial charge is 0.348 e. The van der Waals surface area contributed by atoms with Crippen molar-refractivity contribution in [2.75, 3.05) is 5.32 Å². The molecule has 0 bridgehead atoms. The van der Waals surface area contributed by atoms with E-state index >= 15 is 0 Å². The number of Topliss-reactive ketones (excluding diaryl/α,β-unsaturated/α-hetero) is 1. The third-order valence-corrected chi connectivity index (χ3v) is 4.13. The normalized spacial score (nSPS) is 14.4. The van der Waals surface area contributed by atoms with E-state index in [2.05, 4.69) is 20.8 Å². The Morgan fingerprint density at radius 3 is 2.54 bits per heavy atom. The van der Waals surface area contributed by atoms with Crippen LogP contribution < -0.4 is 10.6 Å². The fraction of sp³-hybridized carbons (Fsp3) is 0.333. The van der Waals surface area contributed by atoms with Gasteiger partial charge in [0.25, 0.3) is 5.91 Å². The van der Waals surface area contributed by atoms with Crippen molar-refractivity contribution in [1.29, 1.82) is 0 Å². The number of nitrogens with one attached hydrogen (secondary N) is 2. The van der Waals surface area contributed by atoms with Crippen molar-refractivity contribution in [1.82, 2.24) is 15.5 Å². The van der Waals surface area contributed by atoms with Gasteiger partial charge in [-0.15, -0.1) is 10.2 Å². The molecule has 1 fully saturated rings. The van der Waals surface area contributed by atoms with Gasteiger partial charge in [0.2, 0.25) is 0 Å². The number of aromatic nitrogens is 2. The zero-order chi connectivity index (χ0) is 16.9. The van der Waals surface area contributed by atoms with E-state index in [9.17, 15) is 9.59 Å². The highest BCUT2D eigenvalue weighted by Gasteiger charge is 2.18. The van der Waals surface area contributed by atoms with Crippen LogP contribution in [0.15, 0.2) is 36.4 Å². The molecule has 0 radical (unpaired) electrons. The van der Waals surface area contributed by atoms with Crippen LogP contribution in [0, 0.1) is 0 Å². The van der Waals surface area contributed by atoms with Crippen molar-refractivity contribution in [3.63, 3.8) is 0 Å². The highest BCUT2D eigenvalue weighted by Crippen LogP contribution is 2.18. The van der Waals surface area contributed by atoms with Crippen molar-refractivity contribution in [3.05, 3.63) is 47.7 Å². The SMILES string of the molecule is CC(=O)c1cccc(Nc2ccc(C(=O)NC3CCCC3)nn2)c1. The number of amides is 1. The first-order valence-electron chi connectivity index (χ1n) is 8.14. The molecular weight excluding hydrogens is 304 g/mol. The third kappa shape index (κ3) is 3.95. The number of nitrogens with zero attached hydrogens (tertiary/aromatic N) is 2. The van der Waals surface area contributed by atoms with Crippen LogP contribution in [0.2, 0.25) is 0 Å². The van der Waals surface area contributed by atoms with Gasteiger partial charge < -0.3 is 10.6 Å². The quantitative estimate of drug-likeness (QED) is 0.826. The molecule has 124 valence electrons. The van der Waals surface area contributed by atoms with Crippen LogP contribution in [0.25, 0.3) is 0 Å². The molecule has 6 heteroatoms. The number of hydrogen-bond donors (Lipinski definition) is 2. The molecule has 0 saturated heterocycles. The number of anilines is 2. The average molecular weight is 324 g/mol. The summed E-state index contributed by atoms with van der Waals surface area (Å²) in [6.07, 6.45) is 4.40. The maximum atomic E-state index is 12.1. The molecule has 1 aromatic heterocycles. The molecule has 1 heterocycles. The highest BCUT2D eigenvalue weighted by atomic mass is 16.2. The Labute approximate surface area is 140 Å². The van der Waals surface area contributed by atoms with Gasteiger partial charge in [-0.05, 0) is 44.0 Å². The number of ketones is 1. The van der Waals surface area contributed by atoms with Crippen LogP contribution in [0.3, 0.4) is 0 Å². The Morgan fingerprint density at radius 1 is 1.08 bits per heavy atom. The van der Waals surface area contributed by atoms with E-state index in [1.165, 1.54) is 19.8 Å². The van der Waals surface area contributed by atoms with Crippen molar-refractivity contribution in [2.45, 2.75) is 38.6 Å². The summed E-state index contributed by atoms with van der Waals surface area (Å²) in [6.45, 7) is 1.52. The maximum Gasteiger partial charge on any atom is 0.272 e. The first kappa shape index (κ1) is 16.1. The summed E-state index contributed by atoms with van der Waals surface area (Å²) < 4.78 is 0. The second-order valence-corrected chi connectivity index (χ2v) is 6.02. The number of carbonyl (C=O) groups is 2. The van der Waals surface area contributed by atoms with E-state index in [1.807, 2.05) is 6.07 Å². The molecule has 1 aliphatic rings. The van der Waals surface area contributed by atoms with Gasteiger partial charge in [-0.3, -0.25) is 9.59 Å². The van der Waals surface area contributed by atoms with E-state index < -0.39 is 0 Å². The van der Waals surface area contributed by atoms with Gasteiger partial charge in [-0.2, -0.15) is 0 Å². The van der Waals surface area contributed by atoms with Gasteiger partial charge in [-0.1, -0.05) is 25.0 Å². The fourth-order valence-electron chi connectivity index (χ4n) is 2.81. The number of hydrogen-bond acceptors (Lipinski definition) is 5.